The number of rotatable bonds is 2. The molecule has 0 radical (unpaired) electrons. The molecule has 3 rings (SSSR count). The number of carbonyl (C=O) groups excluding carboxylic acids is 1. The first-order valence-electron chi connectivity index (χ1n) is 6.51. The average molecular weight is 326 g/mol. The van der Waals surface area contributed by atoms with Crippen molar-refractivity contribution >= 4 is 34.1 Å². The molecule has 0 unspecified atom stereocenters. The largest absolute Gasteiger partial charge is 0.288 e. The third kappa shape index (κ3) is 2.43. The summed E-state index contributed by atoms with van der Waals surface area (Å²) in [5.74, 6) is -0.470. The third-order valence-electron chi connectivity index (χ3n) is 3.44. The van der Waals surface area contributed by atoms with E-state index < -0.39 is 10.8 Å². The molecule has 0 saturated carbocycles. The van der Waals surface area contributed by atoms with Gasteiger partial charge in [-0.25, -0.2) is 0 Å². The number of nitro benzene ring substituents is 1. The number of halogens is 1. The zero-order valence-corrected chi connectivity index (χ0v) is 12.3. The number of nitriles is 1. The molecule has 0 aliphatic carbocycles. The molecule has 0 spiro atoms. The number of hydrogen-bond donors (Lipinski definition) is 0. The lowest BCUT2D eigenvalue weighted by molar-refractivity contribution is -0.384. The Morgan fingerprint density at radius 3 is 2.70 bits per heavy atom. The number of nitrogens with zero attached hydrogens (tertiary/aromatic N) is 3. The summed E-state index contributed by atoms with van der Waals surface area (Å²) in [5.41, 5.74) is 0.699. The topological polar surface area (TPSA) is 88.9 Å². The van der Waals surface area contributed by atoms with E-state index in [9.17, 15) is 20.2 Å². The molecule has 7 heteroatoms. The van der Waals surface area contributed by atoms with Crippen LogP contribution in [0.5, 0.6) is 0 Å². The first-order chi connectivity index (χ1) is 11.0. The van der Waals surface area contributed by atoms with Gasteiger partial charge in [0.25, 0.3) is 11.6 Å². The highest BCUT2D eigenvalue weighted by Crippen LogP contribution is 2.27. The van der Waals surface area contributed by atoms with Crippen LogP contribution in [0, 0.1) is 21.4 Å². The Morgan fingerprint density at radius 1 is 1.26 bits per heavy atom. The van der Waals surface area contributed by atoms with Crippen molar-refractivity contribution in [2.24, 2.45) is 0 Å². The fourth-order valence-corrected chi connectivity index (χ4v) is 2.55. The van der Waals surface area contributed by atoms with Crippen molar-refractivity contribution in [2.75, 3.05) is 0 Å². The standard InChI is InChI=1S/C16H8ClN3O3/c17-13-6-5-10(7-15(13)20(22)23)16(21)19-9-11(8-18)12-3-1-2-4-14(12)19/h1-7,9H. The first kappa shape index (κ1) is 14.8. The molecule has 1 aromatic heterocycles. The van der Waals surface area contributed by atoms with E-state index in [1.165, 1.54) is 22.9 Å². The Morgan fingerprint density at radius 2 is 2.00 bits per heavy atom. The van der Waals surface area contributed by atoms with Crippen LogP contribution in [0.1, 0.15) is 15.9 Å². The van der Waals surface area contributed by atoms with Gasteiger partial charge in [-0.2, -0.15) is 5.26 Å². The highest BCUT2D eigenvalue weighted by Gasteiger charge is 2.19. The molecule has 112 valence electrons. The van der Waals surface area contributed by atoms with Crippen LogP contribution in [0.4, 0.5) is 5.69 Å². The molecule has 0 atom stereocenters. The van der Waals surface area contributed by atoms with Crippen LogP contribution in [0.3, 0.4) is 0 Å². The number of nitro groups is 1. The Kier molecular flexibility index (Phi) is 3.56. The third-order valence-corrected chi connectivity index (χ3v) is 3.76. The normalized spacial score (nSPS) is 10.4. The highest BCUT2D eigenvalue weighted by molar-refractivity contribution is 6.32. The van der Waals surface area contributed by atoms with E-state index in [-0.39, 0.29) is 16.3 Å². The van der Waals surface area contributed by atoms with Gasteiger partial charge in [-0.3, -0.25) is 19.5 Å². The van der Waals surface area contributed by atoms with Gasteiger partial charge in [0.2, 0.25) is 0 Å². The molecule has 1 heterocycles. The Hall–Kier alpha value is -3.17. The van der Waals surface area contributed by atoms with Crippen molar-refractivity contribution in [3.63, 3.8) is 0 Å². The molecule has 6 nitrogen and oxygen atoms in total. The molecular formula is C16H8ClN3O3. The van der Waals surface area contributed by atoms with E-state index in [4.69, 9.17) is 11.6 Å². The van der Waals surface area contributed by atoms with Gasteiger partial charge >= 0.3 is 0 Å². The van der Waals surface area contributed by atoms with E-state index in [1.54, 1.807) is 24.3 Å². The number of aromatic nitrogens is 1. The maximum atomic E-state index is 12.7. The van der Waals surface area contributed by atoms with Gasteiger partial charge in [0, 0.05) is 23.2 Å². The van der Waals surface area contributed by atoms with E-state index in [0.717, 1.165) is 6.07 Å². The van der Waals surface area contributed by atoms with E-state index in [1.807, 2.05) is 6.07 Å². The van der Waals surface area contributed by atoms with Crippen LogP contribution in [0.2, 0.25) is 5.02 Å². The summed E-state index contributed by atoms with van der Waals surface area (Å²) < 4.78 is 1.31. The van der Waals surface area contributed by atoms with E-state index in [2.05, 4.69) is 0 Å². The van der Waals surface area contributed by atoms with Crippen LogP contribution < -0.4 is 0 Å². The molecule has 2 aromatic carbocycles. The van der Waals surface area contributed by atoms with Crippen molar-refractivity contribution in [3.05, 3.63) is 74.9 Å². The zero-order valence-electron chi connectivity index (χ0n) is 11.6. The van der Waals surface area contributed by atoms with Gasteiger partial charge in [-0.15, -0.1) is 0 Å². The van der Waals surface area contributed by atoms with Crippen molar-refractivity contribution in [2.45, 2.75) is 0 Å². The quantitative estimate of drug-likeness (QED) is 0.530. The lowest BCUT2D eigenvalue weighted by Crippen LogP contribution is -2.11. The molecule has 23 heavy (non-hydrogen) atoms. The minimum absolute atomic E-state index is 0.0402. The van der Waals surface area contributed by atoms with Crippen LogP contribution in [0.15, 0.2) is 48.7 Å². The summed E-state index contributed by atoms with van der Waals surface area (Å²) in [6.07, 6.45) is 1.42. The summed E-state index contributed by atoms with van der Waals surface area (Å²) in [7, 11) is 0. The fourth-order valence-electron chi connectivity index (χ4n) is 2.36. The predicted molar refractivity (Wildman–Crippen MR) is 84.5 cm³/mol. The van der Waals surface area contributed by atoms with Gasteiger partial charge in [0.05, 0.1) is 16.0 Å². The lowest BCUT2D eigenvalue weighted by atomic mass is 10.2. The molecule has 0 saturated heterocycles. The van der Waals surface area contributed by atoms with Gasteiger partial charge < -0.3 is 0 Å². The van der Waals surface area contributed by atoms with Crippen LogP contribution >= 0.6 is 11.6 Å². The second kappa shape index (κ2) is 5.55. The Labute approximate surface area is 135 Å². The molecular weight excluding hydrogens is 318 g/mol. The summed E-state index contributed by atoms with van der Waals surface area (Å²) >= 11 is 5.76. The highest BCUT2D eigenvalue weighted by atomic mass is 35.5. The minimum Gasteiger partial charge on any atom is -0.282 e. The van der Waals surface area contributed by atoms with Gasteiger partial charge in [0.1, 0.15) is 11.1 Å². The van der Waals surface area contributed by atoms with Crippen molar-refractivity contribution in [1.29, 1.82) is 5.26 Å². The van der Waals surface area contributed by atoms with Crippen molar-refractivity contribution in [3.8, 4) is 6.07 Å². The van der Waals surface area contributed by atoms with Crippen molar-refractivity contribution in [1.82, 2.24) is 4.57 Å². The van der Waals surface area contributed by atoms with Gasteiger partial charge in [-0.1, -0.05) is 29.8 Å². The van der Waals surface area contributed by atoms with E-state index in [0.29, 0.717) is 16.5 Å². The fraction of sp³-hybridized carbons (Fsp3) is 0. The molecule has 0 N–H and O–H groups in total. The molecule has 0 bridgehead atoms. The number of fused-ring (bicyclic) bond motifs is 1. The number of carbonyl (C=O) groups is 1. The second-order valence-electron chi connectivity index (χ2n) is 4.77. The molecule has 0 aliphatic rings. The maximum Gasteiger partial charge on any atom is 0.288 e. The van der Waals surface area contributed by atoms with Crippen LogP contribution in [0.25, 0.3) is 10.9 Å². The second-order valence-corrected chi connectivity index (χ2v) is 5.18. The molecule has 0 amide bonds. The molecule has 0 aliphatic heterocycles. The summed E-state index contributed by atoms with van der Waals surface area (Å²) in [6, 6.07) is 12.8. The monoisotopic (exact) mass is 325 g/mol. The van der Waals surface area contributed by atoms with Gasteiger partial charge in [0.15, 0.2) is 0 Å². The number of benzene rings is 2. The van der Waals surface area contributed by atoms with E-state index >= 15 is 0 Å². The van der Waals surface area contributed by atoms with Gasteiger partial charge in [-0.05, 0) is 18.2 Å². The van der Waals surface area contributed by atoms with Crippen LogP contribution in [-0.4, -0.2) is 15.4 Å². The summed E-state index contributed by atoms with van der Waals surface area (Å²) in [4.78, 5) is 23.0. The number of hydrogen-bond acceptors (Lipinski definition) is 4. The predicted octanol–water partition coefficient (Wildman–Crippen LogP) is 3.76. The lowest BCUT2D eigenvalue weighted by Gasteiger charge is -2.04. The smallest absolute Gasteiger partial charge is 0.282 e. The summed E-state index contributed by atoms with van der Waals surface area (Å²) in [5, 5.41) is 20.7. The Bertz CT molecular complexity index is 1000. The minimum atomic E-state index is -0.645. The van der Waals surface area contributed by atoms with Crippen LogP contribution in [-0.2, 0) is 0 Å². The average Bonchev–Trinajstić information content (AvgIpc) is 2.93. The number of para-hydroxylation sites is 1. The Balaban J connectivity index is 2.17. The zero-order chi connectivity index (χ0) is 16.6. The first-order valence-corrected chi connectivity index (χ1v) is 6.89. The molecule has 0 fully saturated rings. The summed E-state index contributed by atoms with van der Waals surface area (Å²) in [6.45, 7) is 0. The van der Waals surface area contributed by atoms with Crippen molar-refractivity contribution < 1.29 is 9.72 Å². The maximum absolute atomic E-state index is 12.7. The molecule has 3 aromatic rings. The SMILES string of the molecule is N#Cc1cn(C(=O)c2ccc(Cl)c([N+](=O)[O-])c2)c2ccccc12.